The number of carbonyl (C=O) groups excluding carboxylic acids is 2. The van der Waals surface area contributed by atoms with Gasteiger partial charge in [-0.15, -0.1) is 0 Å². The highest BCUT2D eigenvalue weighted by Gasteiger charge is 2.14. The number of anilines is 2. The minimum Gasteiger partial charge on any atom is -0.422 e. The maximum Gasteiger partial charge on any atom is 0.354 e. The summed E-state index contributed by atoms with van der Waals surface area (Å²) in [7, 11) is 0. The predicted octanol–water partition coefficient (Wildman–Crippen LogP) is 7.99. The molecule has 0 unspecified atom stereocenters. The number of hydrogen-bond acceptors (Lipinski definition) is 8. The van der Waals surface area contributed by atoms with Crippen molar-refractivity contribution >= 4 is 35.5 Å². The van der Waals surface area contributed by atoms with E-state index >= 15 is 0 Å². The fourth-order valence-electron chi connectivity index (χ4n) is 5.26. The lowest BCUT2D eigenvalue weighted by Crippen LogP contribution is -2.21. The van der Waals surface area contributed by atoms with Crippen molar-refractivity contribution in [3.05, 3.63) is 130 Å². The molecule has 0 spiro atoms. The number of benzene rings is 4. The Morgan fingerprint density at radius 2 is 0.878 bits per heavy atom. The Labute approximate surface area is 288 Å². The van der Waals surface area contributed by atoms with Gasteiger partial charge >= 0.3 is 11.9 Å². The Kier molecular flexibility index (Phi) is 12.9. The summed E-state index contributed by atoms with van der Waals surface area (Å²) in [5.41, 5.74) is 5.37. The minimum atomic E-state index is -0.726. The van der Waals surface area contributed by atoms with Crippen LogP contribution in [-0.2, 0) is 16.0 Å². The van der Waals surface area contributed by atoms with Crippen LogP contribution in [0.15, 0.2) is 108 Å². The number of rotatable bonds is 14. The van der Waals surface area contributed by atoms with Crippen molar-refractivity contribution in [2.45, 2.75) is 34.1 Å². The molecule has 0 saturated carbocycles. The summed E-state index contributed by atoms with van der Waals surface area (Å²) in [6, 6.07) is 33.4. The molecule has 0 aliphatic heterocycles. The van der Waals surface area contributed by atoms with Gasteiger partial charge in [-0.2, -0.15) is 10.5 Å². The number of nitriles is 2. The van der Waals surface area contributed by atoms with Crippen LogP contribution in [0.25, 0.3) is 12.2 Å². The van der Waals surface area contributed by atoms with Gasteiger partial charge in [0.2, 0.25) is 0 Å². The van der Waals surface area contributed by atoms with Crippen molar-refractivity contribution in [3.63, 3.8) is 0 Å². The maximum atomic E-state index is 12.7. The lowest BCUT2D eigenvalue weighted by molar-refractivity contribution is -0.130. The van der Waals surface area contributed by atoms with Gasteiger partial charge in [0.15, 0.2) is 0 Å². The van der Waals surface area contributed by atoms with Crippen LogP contribution in [0.3, 0.4) is 0 Å². The van der Waals surface area contributed by atoms with Crippen molar-refractivity contribution in [1.29, 1.82) is 10.5 Å². The van der Waals surface area contributed by atoms with Crippen LogP contribution < -0.4 is 19.3 Å². The molecule has 8 nitrogen and oxygen atoms in total. The van der Waals surface area contributed by atoms with Crippen LogP contribution in [0, 0.1) is 22.7 Å². The molecule has 0 aliphatic carbocycles. The lowest BCUT2D eigenvalue weighted by Gasteiger charge is -2.20. The number of esters is 2. The lowest BCUT2D eigenvalue weighted by atomic mass is 10.0. The zero-order chi connectivity index (χ0) is 35.2. The molecule has 248 valence electrons. The quantitative estimate of drug-likeness (QED) is 0.0584. The first-order valence-electron chi connectivity index (χ1n) is 16.4. The van der Waals surface area contributed by atoms with Gasteiger partial charge < -0.3 is 19.3 Å². The van der Waals surface area contributed by atoms with E-state index in [1.54, 1.807) is 24.3 Å². The Bertz CT molecular complexity index is 1720. The van der Waals surface area contributed by atoms with Gasteiger partial charge in [0.25, 0.3) is 0 Å². The summed E-state index contributed by atoms with van der Waals surface area (Å²) in [4.78, 5) is 29.9. The smallest absolute Gasteiger partial charge is 0.354 e. The monoisotopic (exact) mass is 652 g/mol. The van der Waals surface area contributed by atoms with E-state index in [0.29, 0.717) is 17.9 Å². The molecule has 0 radical (unpaired) electrons. The molecule has 0 saturated heterocycles. The van der Waals surface area contributed by atoms with Crippen LogP contribution in [0.1, 0.15) is 49.9 Å². The molecule has 0 fully saturated rings. The van der Waals surface area contributed by atoms with Crippen molar-refractivity contribution in [3.8, 4) is 23.6 Å². The zero-order valence-corrected chi connectivity index (χ0v) is 28.3. The highest BCUT2D eigenvalue weighted by atomic mass is 16.5. The normalized spacial score (nSPS) is 11.2. The van der Waals surface area contributed by atoms with Crippen molar-refractivity contribution in [1.82, 2.24) is 0 Å². The van der Waals surface area contributed by atoms with E-state index in [1.165, 1.54) is 12.2 Å². The highest BCUT2D eigenvalue weighted by Crippen LogP contribution is 2.22. The molecule has 4 rings (SSSR count). The van der Waals surface area contributed by atoms with Crippen molar-refractivity contribution < 1.29 is 19.1 Å². The fraction of sp³-hybridized carbons (Fsp3) is 0.220. The molecule has 0 amide bonds. The molecule has 49 heavy (non-hydrogen) atoms. The highest BCUT2D eigenvalue weighted by molar-refractivity contribution is 5.99. The van der Waals surface area contributed by atoms with Crippen LogP contribution >= 0.6 is 0 Å². The summed E-state index contributed by atoms with van der Waals surface area (Å²) in [5.74, 6) is -0.794. The van der Waals surface area contributed by atoms with Crippen molar-refractivity contribution in [2.75, 3.05) is 36.0 Å². The van der Waals surface area contributed by atoms with E-state index in [9.17, 15) is 20.1 Å². The molecule has 4 aromatic carbocycles. The fourth-order valence-corrected chi connectivity index (χ4v) is 5.26. The first-order valence-corrected chi connectivity index (χ1v) is 16.4. The Morgan fingerprint density at radius 1 is 0.551 bits per heavy atom. The summed E-state index contributed by atoms with van der Waals surface area (Å²) in [6.45, 7) is 11.9. The summed E-state index contributed by atoms with van der Waals surface area (Å²) >= 11 is 0. The number of carbonyl (C=O) groups is 2. The third-order valence-corrected chi connectivity index (χ3v) is 8.02. The number of ether oxygens (including phenoxy) is 2. The third-order valence-electron chi connectivity index (χ3n) is 8.02. The second-order valence-corrected chi connectivity index (χ2v) is 11.1. The summed E-state index contributed by atoms with van der Waals surface area (Å²) in [5, 5.41) is 19.2. The first-order chi connectivity index (χ1) is 23.8. The van der Waals surface area contributed by atoms with Gasteiger partial charge in [0.05, 0.1) is 0 Å². The van der Waals surface area contributed by atoms with E-state index in [-0.39, 0.29) is 11.1 Å². The summed E-state index contributed by atoms with van der Waals surface area (Å²) < 4.78 is 10.9. The average Bonchev–Trinajstić information content (AvgIpc) is 3.13. The van der Waals surface area contributed by atoms with E-state index < -0.39 is 11.9 Å². The molecular formula is C41H40N4O4. The Hall–Kier alpha value is -6.12. The van der Waals surface area contributed by atoms with Crippen LogP contribution in [0.5, 0.6) is 11.5 Å². The molecule has 0 bridgehead atoms. The van der Waals surface area contributed by atoms with Crippen LogP contribution in [-0.4, -0.2) is 38.1 Å². The predicted molar refractivity (Wildman–Crippen MR) is 194 cm³/mol. The van der Waals surface area contributed by atoms with Crippen LogP contribution in [0.2, 0.25) is 0 Å². The minimum absolute atomic E-state index is 0.0950. The van der Waals surface area contributed by atoms with E-state index in [1.807, 2.05) is 84.9 Å². The second kappa shape index (κ2) is 17.7. The standard InChI is InChI=1S/C41H40N4O4/c1-5-44(6-2)36-17-9-32(10-18-36)26-34(28-42)40(46)48-38-21-13-30(14-22-38)25-31-15-23-39(24-16-31)49-41(47)35(29-43)27-33-11-19-37(20-12-33)45(7-3)8-4/h9-24,26-27H,5-8,25H2,1-4H3/b34-26+,35-27+. The Morgan fingerprint density at radius 3 is 1.16 bits per heavy atom. The van der Waals surface area contributed by atoms with Gasteiger partial charge in [-0.25, -0.2) is 9.59 Å². The molecule has 4 aromatic rings. The average molecular weight is 653 g/mol. The largest absolute Gasteiger partial charge is 0.422 e. The Balaban J connectivity index is 1.32. The van der Waals surface area contributed by atoms with Gasteiger partial charge in [-0.05, 0) is 117 Å². The van der Waals surface area contributed by atoms with Crippen LogP contribution in [0.4, 0.5) is 11.4 Å². The summed E-state index contributed by atoms with van der Waals surface area (Å²) in [6.07, 6.45) is 3.63. The molecule has 0 atom stereocenters. The molecular weight excluding hydrogens is 612 g/mol. The van der Waals surface area contributed by atoms with Gasteiger partial charge in [0, 0.05) is 37.6 Å². The maximum absolute atomic E-state index is 12.7. The first kappa shape index (κ1) is 35.7. The topological polar surface area (TPSA) is 107 Å². The third kappa shape index (κ3) is 9.93. The molecule has 0 N–H and O–H groups in total. The van der Waals surface area contributed by atoms with Gasteiger partial charge in [-0.1, -0.05) is 48.5 Å². The zero-order valence-electron chi connectivity index (χ0n) is 28.3. The second-order valence-electron chi connectivity index (χ2n) is 11.1. The molecule has 8 heteroatoms. The van der Waals surface area contributed by atoms with Crippen molar-refractivity contribution in [2.24, 2.45) is 0 Å². The molecule has 0 aliphatic rings. The van der Waals surface area contributed by atoms with Gasteiger partial charge in [0.1, 0.15) is 34.8 Å². The van der Waals surface area contributed by atoms with E-state index in [2.05, 4.69) is 37.5 Å². The number of nitrogens with zero attached hydrogens (tertiary/aromatic N) is 4. The SMILES string of the molecule is CCN(CC)c1ccc(/C=C(\C#N)C(=O)Oc2ccc(Cc3ccc(OC(=O)/C(C#N)=C/c4ccc(N(CC)CC)cc4)cc3)cc2)cc1. The molecule has 0 aromatic heterocycles. The number of hydrogen-bond donors (Lipinski definition) is 0. The molecule has 0 heterocycles. The van der Waals surface area contributed by atoms with Gasteiger partial charge in [-0.3, -0.25) is 0 Å². The van der Waals surface area contributed by atoms with E-state index in [0.717, 1.165) is 59.8 Å². The van der Waals surface area contributed by atoms with E-state index in [4.69, 9.17) is 9.47 Å².